The van der Waals surface area contributed by atoms with Crippen molar-refractivity contribution in [3.05, 3.63) is 17.2 Å². The lowest BCUT2D eigenvalue weighted by atomic mass is 9.96. The van der Waals surface area contributed by atoms with E-state index in [1.165, 1.54) is 0 Å². The Morgan fingerprint density at radius 3 is 1.93 bits per heavy atom. The minimum atomic E-state index is -1.64. The minimum Gasteiger partial charge on any atom is -0.504 e. The first-order chi connectivity index (χ1) is 6.91. The van der Waals surface area contributed by atoms with E-state index in [0.717, 1.165) is 0 Å². The number of rotatable bonds is 2. The monoisotopic (exact) mass is 218 g/mol. The molecule has 0 saturated heterocycles. The van der Waals surface area contributed by atoms with Crippen LogP contribution in [0.5, 0.6) is 17.2 Å². The summed E-state index contributed by atoms with van der Waals surface area (Å²) >= 11 is 0. The van der Waals surface area contributed by atoms with Crippen LogP contribution in [-0.4, -0.2) is 15.3 Å². The summed E-state index contributed by atoms with van der Waals surface area (Å²) in [4.78, 5) is 0. The molecule has 1 unspecified atom stereocenters. The first-order valence-corrected chi connectivity index (χ1v) is 4.53. The molecule has 3 nitrogen and oxygen atoms in total. The molecule has 0 heterocycles. The Labute approximate surface area is 85.6 Å². The van der Waals surface area contributed by atoms with Gasteiger partial charge in [-0.2, -0.15) is 8.78 Å². The molecule has 0 bridgehead atoms. The van der Waals surface area contributed by atoms with E-state index in [1.807, 2.05) is 0 Å². The molecule has 1 rings (SSSR count). The number of hydrogen-bond donors (Lipinski definition) is 3. The zero-order valence-electron chi connectivity index (χ0n) is 8.38. The second-order valence-corrected chi connectivity index (χ2v) is 3.40. The van der Waals surface area contributed by atoms with E-state index in [9.17, 15) is 19.0 Å². The SMILES string of the molecule is CCC(C)c1c(O)c(O)c(F)c(F)c1O. The summed E-state index contributed by atoms with van der Waals surface area (Å²) in [6.45, 7) is 3.37. The smallest absolute Gasteiger partial charge is 0.208 e. The predicted octanol–water partition coefficient (Wildman–Crippen LogP) is 2.60. The second-order valence-electron chi connectivity index (χ2n) is 3.40. The lowest BCUT2D eigenvalue weighted by Gasteiger charge is -2.15. The third kappa shape index (κ3) is 1.69. The number of phenolic OH excluding ortho intramolecular Hbond substituents is 3. The molecule has 84 valence electrons. The first-order valence-electron chi connectivity index (χ1n) is 4.53. The maximum Gasteiger partial charge on any atom is 0.208 e. The van der Waals surface area contributed by atoms with Crippen LogP contribution in [0.25, 0.3) is 0 Å². The molecule has 5 heteroatoms. The van der Waals surface area contributed by atoms with E-state index in [2.05, 4.69) is 0 Å². The van der Waals surface area contributed by atoms with Gasteiger partial charge in [-0.15, -0.1) is 0 Å². The largest absolute Gasteiger partial charge is 0.504 e. The Kier molecular flexibility index (Phi) is 3.02. The molecule has 0 aliphatic rings. The molecule has 0 spiro atoms. The number of phenols is 3. The Balaban J connectivity index is 3.52. The van der Waals surface area contributed by atoms with E-state index in [0.29, 0.717) is 6.42 Å². The maximum absolute atomic E-state index is 13.0. The van der Waals surface area contributed by atoms with E-state index < -0.39 is 28.9 Å². The molecule has 0 amide bonds. The molecule has 0 fully saturated rings. The van der Waals surface area contributed by atoms with Crippen molar-refractivity contribution in [1.29, 1.82) is 0 Å². The highest BCUT2D eigenvalue weighted by Crippen LogP contribution is 2.44. The fourth-order valence-electron chi connectivity index (χ4n) is 1.34. The van der Waals surface area contributed by atoms with Gasteiger partial charge in [-0.25, -0.2) is 0 Å². The number of aromatic hydroxyl groups is 3. The van der Waals surface area contributed by atoms with Gasteiger partial charge >= 0.3 is 0 Å². The van der Waals surface area contributed by atoms with Crippen LogP contribution in [0.4, 0.5) is 8.78 Å². The van der Waals surface area contributed by atoms with Gasteiger partial charge < -0.3 is 15.3 Å². The fraction of sp³-hybridized carbons (Fsp3) is 0.400. The topological polar surface area (TPSA) is 60.7 Å². The van der Waals surface area contributed by atoms with Crippen LogP contribution in [0, 0.1) is 11.6 Å². The quantitative estimate of drug-likeness (QED) is 0.528. The number of hydrogen-bond acceptors (Lipinski definition) is 3. The highest BCUT2D eigenvalue weighted by molar-refractivity contribution is 5.54. The zero-order valence-corrected chi connectivity index (χ0v) is 8.38. The lowest BCUT2D eigenvalue weighted by molar-refractivity contribution is 0.334. The summed E-state index contributed by atoms with van der Waals surface area (Å²) in [5, 5.41) is 27.7. The van der Waals surface area contributed by atoms with Crippen molar-refractivity contribution in [2.24, 2.45) is 0 Å². The van der Waals surface area contributed by atoms with Gasteiger partial charge in [0.25, 0.3) is 0 Å². The van der Waals surface area contributed by atoms with Crippen molar-refractivity contribution in [2.75, 3.05) is 0 Å². The van der Waals surface area contributed by atoms with E-state index in [1.54, 1.807) is 13.8 Å². The van der Waals surface area contributed by atoms with Gasteiger partial charge in [0.2, 0.25) is 11.6 Å². The van der Waals surface area contributed by atoms with Gasteiger partial charge in [0.15, 0.2) is 17.2 Å². The van der Waals surface area contributed by atoms with E-state index in [-0.39, 0.29) is 11.5 Å². The van der Waals surface area contributed by atoms with Crippen molar-refractivity contribution < 1.29 is 24.1 Å². The van der Waals surface area contributed by atoms with Gasteiger partial charge in [-0.3, -0.25) is 0 Å². The van der Waals surface area contributed by atoms with Crippen LogP contribution in [0.1, 0.15) is 31.7 Å². The summed E-state index contributed by atoms with van der Waals surface area (Å²) in [5.74, 6) is -6.48. The summed E-state index contributed by atoms with van der Waals surface area (Å²) in [7, 11) is 0. The van der Waals surface area contributed by atoms with Crippen LogP contribution in [-0.2, 0) is 0 Å². The van der Waals surface area contributed by atoms with Crippen LogP contribution in [0.2, 0.25) is 0 Å². The van der Waals surface area contributed by atoms with Gasteiger partial charge in [-0.05, 0) is 12.3 Å². The predicted molar refractivity (Wildman–Crippen MR) is 50.1 cm³/mol. The molecule has 0 aliphatic heterocycles. The Hall–Kier alpha value is -1.52. The highest BCUT2D eigenvalue weighted by Gasteiger charge is 2.26. The van der Waals surface area contributed by atoms with Crippen LogP contribution in [0.3, 0.4) is 0 Å². The molecule has 1 aromatic carbocycles. The summed E-state index contributed by atoms with van der Waals surface area (Å²) in [6, 6.07) is 0. The molecule has 1 aromatic rings. The molecular formula is C10H12F2O3. The van der Waals surface area contributed by atoms with Crippen molar-refractivity contribution in [3.8, 4) is 17.2 Å². The van der Waals surface area contributed by atoms with Crippen LogP contribution in [0.15, 0.2) is 0 Å². The van der Waals surface area contributed by atoms with Crippen molar-refractivity contribution in [1.82, 2.24) is 0 Å². The van der Waals surface area contributed by atoms with Crippen LogP contribution >= 0.6 is 0 Å². The molecule has 0 saturated carbocycles. The van der Waals surface area contributed by atoms with E-state index in [4.69, 9.17) is 5.11 Å². The normalized spacial score (nSPS) is 12.8. The Morgan fingerprint density at radius 1 is 1.00 bits per heavy atom. The third-order valence-electron chi connectivity index (χ3n) is 2.45. The molecule has 1 atom stereocenters. The van der Waals surface area contributed by atoms with Crippen molar-refractivity contribution in [2.45, 2.75) is 26.2 Å². The number of benzene rings is 1. The van der Waals surface area contributed by atoms with Gasteiger partial charge in [0.1, 0.15) is 0 Å². The number of halogens is 2. The molecule has 0 radical (unpaired) electrons. The average Bonchev–Trinajstić information content (AvgIpc) is 2.23. The second kappa shape index (κ2) is 3.92. The maximum atomic E-state index is 13.0. The van der Waals surface area contributed by atoms with Gasteiger partial charge in [0, 0.05) is 5.56 Å². The molecule has 0 aliphatic carbocycles. The molecule has 15 heavy (non-hydrogen) atoms. The summed E-state index contributed by atoms with van der Waals surface area (Å²) in [6.07, 6.45) is 0.506. The summed E-state index contributed by atoms with van der Waals surface area (Å²) in [5.41, 5.74) is -0.172. The molecule has 3 N–H and O–H groups in total. The lowest BCUT2D eigenvalue weighted by Crippen LogP contribution is -1.98. The Morgan fingerprint density at radius 2 is 1.47 bits per heavy atom. The highest BCUT2D eigenvalue weighted by atomic mass is 19.2. The minimum absolute atomic E-state index is 0.172. The van der Waals surface area contributed by atoms with Gasteiger partial charge in [0.05, 0.1) is 0 Å². The van der Waals surface area contributed by atoms with Crippen molar-refractivity contribution in [3.63, 3.8) is 0 Å². The van der Waals surface area contributed by atoms with Crippen molar-refractivity contribution >= 4 is 0 Å². The van der Waals surface area contributed by atoms with E-state index >= 15 is 0 Å². The Bertz CT molecular complexity index is 362. The standard InChI is InChI=1S/C10H12F2O3/c1-3-4(2)5-8(13)6(11)7(12)10(15)9(5)14/h4,13-15H,3H2,1-2H3. The summed E-state index contributed by atoms with van der Waals surface area (Å²) < 4.78 is 25.9. The first kappa shape index (κ1) is 11.6. The zero-order chi connectivity index (χ0) is 11.7. The molecule has 0 aromatic heterocycles. The third-order valence-corrected chi connectivity index (χ3v) is 2.45. The fourth-order valence-corrected chi connectivity index (χ4v) is 1.34. The average molecular weight is 218 g/mol. The van der Waals surface area contributed by atoms with Crippen LogP contribution < -0.4 is 0 Å². The van der Waals surface area contributed by atoms with Gasteiger partial charge in [-0.1, -0.05) is 13.8 Å². The molecular weight excluding hydrogens is 206 g/mol.